The van der Waals surface area contributed by atoms with Gasteiger partial charge in [0.25, 0.3) is 11.8 Å². The van der Waals surface area contributed by atoms with Gasteiger partial charge in [-0.05, 0) is 67.5 Å². The van der Waals surface area contributed by atoms with Crippen molar-refractivity contribution in [1.29, 1.82) is 0 Å². The van der Waals surface area contributed by atoms with Crippen molar-refractivity contribution in [2.75, 3.05) is 38.7 Å². The number of carbonyl (C=O) groups excluding carboxylic acids is 2. The van der Waals surface area contributed by atoms with Crippen LogP contribution in [-0.4, -0.2) is 55.0 Å². The van der Waals surface area contributed by atoms with E-state index < -0.39 is 0 Å². The first-order valence-corrected chi connectivity index (χ1v) is 13.2. The fourth-order valence-electron chi connectivity index (χ4n) is 5.47. The highest BCUT2D eigenvalue weighted by Crippen LogP contribution is 2.34. The molecule has 2 amide bonds. The Morgan fingerprint density at radius 1 is 0.946 bits per heavy atom. The van der Waals surface area contributed by atoms with Gasteiger partial charge in [-0.15, -0.1) is 0 Å². The van der Waals surface area contributed by atoms with Gasteiger partial charge in [-0.3, -0.25) is 9.59 Å². The maximum atomic E-state index is 13.2. The van der Waals surface area contributed by atoms with Crippen LogP contribution in [0, 0.1) is 5.92 Å². The summed E-state index contributed by atoms with van der Waals surface area (Å²) in [5.74, 6) is 0.751. The molecule has 0 saturated carbocycles. The summed E-state index contributed by atoms with van der Waals surface area (Å²) in [6, 6.07) is 26.0. The maximum absolute atomic E-state index is 13.2. The van der Waals surface area contributed by atoms with Gasteiger partial charge in [0, 0.05) is 55.7 Å². The van der Waals surface area contributed by atoms with E-state index in [4.69, 9.17) is 4.74 Å². The molecule has 2 heterocycles. The minimum absolute atomic E-state index is 0.0340. The van der Waals surface area contributed by atoms with E-state index in [9.17, 15) is 9.59 Å². The van der Waals surface area contributed by atoms with Crippen LogP contribution in [0.2, 0.25) is 0 Å². The zero-order valence-corrected chi connectivity index (χ0v) is 21.4. The van der Waals surface area contributed by atoms with Gasteiger partial charge >= 0.3 is 0 Å². The molecule has 37 heavy (non-hydrogen) atoms. The number of likely N-dealkylation sites (tertiary alicyclic amines) is 1. The van der Waals surface area contributed by atoms with Gasteiger partial charge in [-0.25, -0.2) is 0 Å². The highest BCUT2D eigenvalue weighted by Gasteiger charge is 2.36. The average Bonchev–Trinajstić information content (AvgIpc) is 3.20. The van der Waals surface area contributed by atoms with Gasteiger partial charge in [0.15, 0.2) is 0 Å². The molecule has 192 valence electrons. The SMILES string of the molecule is COCCCN1C(=O)c2ccccc2[C@H]1Nc1ccc(C(=O)N2CCC(Cc3ccccc3)CC2)cc1. The van der Waals surface area contributed by atoms with E-state index in [2.05, 4.69) is 35.6 Å². The number of piperidine rings is 1. The van der Waals surface area contributed by atoms with Gasteiger partial charge in [0.1, 0.15) is 6.17 Å². The van der Waals surface area contributed by atoms with Crippen LogP contribution in [0.25, 0.3) is 0 Å². The summed E-state index contributed by atoms with van der Waals surface area (Å²) in [6.45, 7) is 2.81. The van der Waals surface area contributed by atoms with E-state index in [-0.39, 0.29) is 18.0 Å². The quantitative estimate of drug-likeness (QED) is 0.403. The Bertz CT molecular complexity index is 1200. The molecule has 1 atom stereocenters. The molecular formula is C31H35N3O3. The van der Waals surface area contributed by atoms with Crippen molar-refractivity contribution >= 4 is 17.5 Å². The van der Waals surface area contributed by atoms with Crippen molar-refractivity contribution in [2.45, 2.75) is 31.8 Å². The van der Waals surface area contributed by atoms with Crippen molar-refractivity contribution in [3.05, 3.63) is 101 Å². The summed E-state index contributed by atoms with van der Waals surface area (Å²) in [6.07, 6.45) is 3.68. The Labute approximate surface area is 219 Å². The van der Waals surface area contributed by atoms with Crippen LogP contribution >= 0.6 is 0 Å². The zero-order chi connectivity index (χ0) is 25.6. The summed E-state index contributed by atoms with van der Waals surface area (Å²) in [5.41, 5.74) is 4.67. The molecule has 3 aromatic rings. The van der Waals surface area contributed by atoms with Crippen molar-refractivity contribution in [3.63, 3.8) is 0 Å². The second-order valence-corrected chi connectivity index (χ2v) is 9.98. The summed E-state index contributed by atoms with van der Waals surface area (Å²) < 4.78 is 5.19. The van der Waals surface area contributed by atoms with Crippen LogP contribution in [0.15, 0.2) is 78.9 Å². The largest absolute Gasteiger partial charge is 0.385 e. The molecule has 0 spiro atoms. The van der Waals surface area contributed by atoms with Gasteiger partial charge in [-0.1, -0.05) is 48.5 Å². The average molecular weight is 498 g/mol. The summed E-state index contributed by atoms with van der Waals surface area (Å²) >= 11 is 0. The zero-order valence-electron chi connectivity index (χ0n) is 21.4. The van der Waals surface area contributed by atoms with Gasteiger partial charge in [-0.2, -0.15) is 0 Å². The fraction of sp³-hybridized carbons (Fsp3) is 0.355. The Kier molecular flexibility index (Phi) is 7.85. The molecule has 0 unspecified atom stereocenters. The monoisotopic (exact) mass is 497 g/mol. The third-order valence-corrected chi connectivity index (χ3v) is 7.51. The molecule has 1 N–H and O–H groups in total. The fourth-order valence-corrected chi connectivity index (χ4v) is 5.47. The smallest absolute Gasteiger partial charge is 0.256 e. The standard InChI is InChI=1S/C31H35N3O3/c1-37-21-7-18-34-29(27-10-5-6-11-28(27)31(34)36)32-26-14-12-25(13-15-26)30(35)33-19-16-24(17-20-33)22-23-8-3-2-4-9-23/h2-6,8-15,24,29,32H,7,16-22H2,1H3/t29-/m0/s1. The van der Waals surface area contributed by atoms with Crippen molar-refractivity contribution in [2.24, 2.45) is 5.92 Å². The van der Waals surface area contributed by atoms with Crippen LogP contribution in [-0.2, 0) is 11.2 Å². The van der Waals surface area contributed by atoms with Crippen LogP contribution < -0.4 is 5.32 Å². The molecule has 0 bridgehead atoms. The molecule has 0 radical (unpaired) electrons. The first-order chi connectivity index (χ1) is 18.1. The molecule has 3 aromatic carbocycles. The lowest BCUT2D eigenvalue weighted by molar-refractivity contribution is 0.0689. The Morgan fingerprint density at radius 2 is 1.65 bits per heavy atom. The van der Waals surface area contributed by atoms with Crippen LogP contribution in [0.4, 0.5) is 5.69 Å². The number of anilines is 1. The molecule has 2 aliphatic rings. The number of nitrogens with zero attached hydrogens (tertiary/aromatic N) is 2. The lowest BCUT2D eigenvalue weighted by Crippen LogP contribution is -2.38. The summed E-state index contributed by atoms with van der Waals surface area (Å²) in [5, 5.41) is 3.52. The molecule has 2 aliphatic heterocycles. The van der Waals surface area contributed by atoms with Gasteiger partial charge in [0.05, 0.1) is 0 Å². The number of rotatable bonds is 9. The number of ether oxygens (including phenoxy) is 1. The Morgan fingerprint density at radius 3 is 2.38 bits per heavy atom. The molecule has 6 nitrogen and oxygen atoms in total. The topological polar surface area (TPSA) is 61.9 Å². The molecule has 0 aliphatic carbocycles. The van der Waals surface area contributed by atoms with Gasteiger partial charge in [0.2, 0.25) is 0 Å². The number of methoxy groups -OCH3 is 1. The number of hydrogen-bond acceptors (Lipinski definition) is 4. The van der Waals surface area contributed by atoms with Crippen molar-refractivity contribution < 1.29 is 14.3 Å². The van der Waals surface area contributed by atoms with E-state index >= 15 is 0 Å². The maximum Gasteiger partial charge on any atom is 0.256 e. The van der Waals surface area contributed by atoms with E-state index in [0.717, 1.165) is 55.6 Å². The van der Waals surface area contributed by atoms with E-state index in [1.54, 1.807) is 7.11 Å². The normalized spacial score (nSPS) is 17.6. The number of nitrogens with one attached hydrogen (secondary N) is 1. The highest BCUT2D eigenvalue weighted by atomic mass is 16.5. The minimum atomic E-state index is -0.245. The van der Waals surface area contributed by atoms with E-state index in [1.165, 1.54) is 5.56 Å². The summed E-state index contributed by atoms with van der Waals surface area (Å²) in [4.78, 5) is 30.0. The van der Waals surface area contributed by atoms with E-state index in [1.807, 2.05) is 58.3 Å². The number of fused-ring (bicyclic) bond motifs is 1. The third-order valence-electron chi connectivity index (χ3n) is 7.51. The second-order valence-electron chi connectivity index (χ2n) is 9.98. The molecular weight excluding hydrogens is 462 g/mol. The summed E-state index contributed by atoms with van der Waals surface area (Å²) in [7, 11) is 1.67. The molecule has 0 aromatic heterocycles. The van der Waals surface area contributed by atoms with E-state index in [0.29, 0.717) is 24.6 Å². The van der Waals surface area contributed by atoms with Gasteiger partial charge < -0.3 is 19.9 Å². The molecule has 1 fully saturated rings. The number of amides is 2. The number of benzene rings is 3. The Hall–Kier alpha value is -3.64. The lowest BCUT2D eigenvalue weighted by Gasteiger charge is -2.32. The predicted octanol–water partition coefficient (Wildman–Crippen LogP) is 5.38. The van der Waals surface area contributed by atoms with Crippen LogP contribution in [0.1, 0.15) is 57.3 Å². The molecule has 5 rings (SSSR count). The van der Waals surface area contributed by atoms with Crippen LogP contribution in [0.5, 0.6) is 0 Å². The number of carbonyl (C=O) groups is 2. The second kappa shape index (κ2) is 11.6. The Balaban J connectivity index is 1.20. The first kappa shape index (κ1) is 25.0. The molecule has 6 heteroatoms. The van der Waals surface area contributed by atoms with Crippen molar-refractivity contribution in [1.82, 2.24) is 9.80 Å². The lowest BCUT2D eigenvalue weighted by atomic mass is 9.90. The minimum Gasteiger partial charge on any atom is -0.385 e. The molecule has 1 saturated heterocycles. The van der Waals surface area contributed by atoms with Crippen molar-refractivity contribution in [3.8, 4) is 0 Å². The highest BCUT2D eigenvalue weighted by molar-refractivity contribution is 5.99. The first-order valence-electron chi connectivity index (χ1n) is 13.2. The number of hydrogen-bond donors (Lipinski definition) is 1. The third kappa shape index (κ3) is 5.70. The predicted molar refractivity (Wildman–Crippen MR) is 146 cm³/mol. The van der Waals surface area contributed by atoms with Crippen LogP contribution in [0.3, 0.4) is 0 Å².